The van der Waals surface area contributed by atoms with Crippen molar-refractivity contribution in [3.8, 4) is 17.4 Å². The number of halogens is 5. The number of aromatic nitrogens is 1. The normalized spacial score (nSPS) is 11.2. The fraction of sp³-hybridized carbons (Fsp3) is 0.0833. The Kier molecular flexibility index (Phi) is 3.99. The highest BCUT2D eigenvalue weighted by Crippen LogP contribution is 2.28. The third-order valence-electron chi connectivity index (χ3n) is 2.05. The van der Waals surface area contributed by atoms with Crippen LogP contribution in [0.2, 0.25) is 5.02 Å². The maximum absolute atomic E-state index is 13.4. The fourth-order valence-electron chi connectivity index (χ4n) is 1.30. The predicted octanol–water partition coefficient (Wildman–Crippen LogP) is 4.57. The first-order chi connectivity index (χ1) is 9.33. The molecule has 0 radical (unpaired) electrons. The lowest BCUT2D eigenvalue weighted by molar-refractivity contribution is -0.274. The van der Waals surface area contributed by atoms with E-state index in [1.807, 2.05) is 0 Å². The first kappa shape index (κ1) is 14.4. The molecule has 0 aliphatic rings. The lowest BCUT2D eigenvalue weighted by atomic mass is 10.3. The molecule has 106 valence electrons. The molecule has 0 spiro atoms. The van der Waals surface area contributed by atoms with Crippen LogP contribution in [0.3, 0.4) is 0 Å². The van der Waals surface area contributed by atoms with Crippen molar-refractivity contribution in [2.75, 3.05) is 0 Å². The lowest BCUT2D eigenvalue weighted by Crippen LogP contribution is -2.16. The van der Waals surface area contributed by atoms with Crippen LogP contribution in [0.1, 0.15) is 0 Å². The number of pyridine rings is 1. The summed E-state index contributed by atoms with van der Waals surface area (Å²) in [7, 11) is 0. The van der Waals surface area contributed by atoms with Crippen molar-refractivity contribution in [1.82, 2.24) is 4.98 Å². The maximum atomic E-state index is 13.4. The quantitative estimate of drug-likeness (QED) is 0.779. The van der Waals surface area contributed by atoms with Crippen LogP contribution in [-0.2, 0) is 0 Å². The van der Waals surface area contributed by atoms with Crippen LogP contribution >= 0.6 is 11.6 Å². The largest absolute Gasteiger partial charge is 0.573 e. The van der Waals surface area contributed by atoms with Gasteiger partial charge in [-0.25, -0.2) is 9.37 Å². The molecule has 0 saturated heterocycles. The monoisotopic (exact) mass is 307 g/mol. The molecule has 2 aromatic rings. The van der Waals surface area contributed by atoms with E-state index in [9.17, 15) is 17.6 Å². The van der Waals surface area contributed by atoms with Gasteiger partial charge in [-0.3, -0.25) is 0 Å². The molecule has 1 aromatic heterocycles. The molecular weight excluding hydrogens is 302 g/mol. The van der Waals surface area contributed by atoms with Gasteiger partial charge in [-0.15, -0.1) is 13.2 Å². The Labute approximate surface area is 115 Å². The van der Waals surface area contributed by atoms with Crippen LogP contribution in [0.25, 0.3) is 0 Å². The smallest absolute Gasteiger partial charge is 0.436 e. The SMILES string of the molecule is Fc1cc(Cl)cnc1Oc1ccc(OC(F)(F)F)cc1. The molecule has 0 N–H and O–H groups in total. The zero-order valence-corrected chi connectivity index (χ0v) is 10.4. The van der Waals surface area contributed by atoms with Crippen molar-refractivity contribution in [3.63, 3.8) is 0 Å². The summed E-state index contributed by atoms with van der Waals surface area (Å²) in [5.74, 6) is -1.42. The molecule has 0 saturated carbocycles. The van der Waals surface area contributed by atoms with Gasteiger partial charge in [-0.2, -0.15) is 0 Å². The van der Waals surface area contributed by atoms with Gasteiger partial charge in [-0.1, -0.05) is 11.6 Å². The van der Waals surface area contributed by atoms with Gasteiger partial charge in [-0.05, 0) is 30.3 Å². The number of benzene rings is 1. The molecule has 0 aliphatic carbocycles. The third kappa shape index (κ3) is 3.99. The van der Waals surface area contributed by atoms with Crippen LogP contribution in [-0.4, -0.2) is 11.3 Å². The van der Waals surface area contributed by atoms with E-state index in [0.29, 0.717) is 0 Å². The van der Waals surface area contributed by atoms with Crippen molar-refractivity contribution >= 4 is 11.6 Å². The molecular formula is C12H6ClF4NO2. The average molecular weight is 308 g/mol. The summed E-state index contributed by atoms with van der Waals surface area (Å²) >= 11 is 5.52. The zero-order valence-electron chi connectivity index (χ0n) is 9.62. The third-order valence-corrected chi connectivity index (χ3v) is 2.25. The number of hydrogen-bond donors (Lipinski definition) is 0. The van der Waals surface area contributed by atoms with E-state index < -0.39 is 17.9 Å². The van der Waals surface area contributed by atoms with E-state index in [1.165, 1.54) is 18.3 Å². The summed E-state index contributed by atoms with van der Waals surface area (Å²) in [6.07, 6.45) is -3.59. The molecule has 0 amide bonds. The van der Waals surface area contributed by atoms with Gasteiger partial charge in [0.25, 0.3) is 5.88 Å². The van der Waals surface area contributed by atoms with E-state index in [4.69, 9.17) is 16.3 Å². The van der Waals surface area contributed by atoms with E-state index in [-0.39, 0.29) is 16.7 Å². The minimum atomic E-state index is -4.77. The Morgan fingerprint density at radius 2 is 1.65 bits per heavy atom. The second-order valence-electron chi connectivity index (χ2n) is 3.56. The zero-order chi connectivity index (χ0) is 14.8. The van der Waals surface area contributed by atoms with Gasteiger partial charge < -0.3 is 9.47 Å². The first-order valence-electron chi connectivity index (χ1n) is 5.18. The fourth-order valence-corrected chi connectivity index (χ4v) is 1.44. The van der Waals surface area contributed by atoms with Gasteiger partial charge in [0.2, 0.25) is 0 Å². The Hall–Kier alpha value is -2.02. The molecule has 1 aromatic carbocycles. The van der Waals surface area contributed by atoms with E-state index in [1.54, 1.807) is 0 Å². The summed E-state index contributed by atoms with van der Waals surface area (Å²) in [6.45, 7) is 0. The molecule has 0 bridgehead atoms. The van der Waals surface area contributed by atoms with E-state index >= 15 is 0 Å². The van der Waals surface area contributed by atoms with Crippen LogP contribution in [0.15, 0.2) is 36.5 Å². The molecule has 0 atom stereocenters. The highest BCUT2D eigenvalue weighted by molar-refractivity contribution is 6.30. The Morgan fingerprint density at radius 1 is 1.05 bits per heavy atom. The second-order valence-corrected chi connectivity index (χ2v) is 4.00. The van der Waals surface area contributed by atoms with Gasteiger partial charge >= 0.3 is 6.36 Å². The van der Waals surface area contributed by atoms with Gasteiger partial charge in [0.05, 0.1) is 5.02 Å². The minimum Gasteiger partial charge on any atom is -0.436 e. The Bertz CT molecular complexity index is 601. The van der Waals surface area contributed by atoms with Crippen molar-refractivity contribution in [3.05, 3.63) is 47.4 Å². The van der Waals surface area contributed by atoms with Crippen molar-refractivity contribution in [1.29, 1.82) is 0 Å². The highest BCUT2D eigenvalue weighted by Gasteiger charge is 2.30. The van der Waals surface area contributed by atoms with Crippen LogP contribution < -0.4 is 9.47 Å². The lowest BCUT2D eigenvalue weighted by Gasteiger charge is -2.09. The molecule has 3 nitrogen and oxygen atoms in total. The van der Waals surface area contributed by atoms with Crippen LogP contribution in [0, 0.1) is 5.82 Å². The van der Waals surface area contributed by atoms with Crippen molar-refractivity contribution in [2.24, 2.45) is 0 Å². The van der Waals surface area contributed by atoms with Gasteiger partial charge in [0, 0.05) is 6.20 Å². The summed E-state index contributed by atoms with van der Waals surface area (Å²) < 4.78 is 58.0. The minimum absolute atomic E-state index is 0.101. The molecule has 8 heteroatoms. The summed E-state index contributed by atoms with van der Waals surface area (Å²) in [6, 6.07) is 5.46. The Balaban J connectivity index is 2.11. The maximum Gasteiger partial charge on any atom is 0.573 e. The molecule has 0 aliphatic heterocycles. The summed E-state index contributed by atoms with van der Waals surface area (Å²) in [5, 5.41) is 0.101. The first-order valence-corrected chi connectivity index (χ1v) is 5.56. The number of nitrogens with zero attached hydrogens (tertiary/aromatic N) is 1. The van der Waals surface area contributed by atoms with Gasteiger partial charge in [0.1, 0.15) is 11.5 Å². The number of hydrogen-bond acceptors (Lipinski definition) is 3. The average Bonchev–Trinajstić information content (AvgIpc) is 2.33. The highest BCUT2D eigenvalue weighted by atomic mass is 35.5. The van der Waals surface area contributed by atoms with Crippen LogP contribution in [0.4, 0.5) is 17.6 Å². The summed E-state index contributed by atoms with van der Waals surface area (Å²) in [5.41, 5.74) is 0. The van der Waals surface area contributed by atoms with Gasteiger partial charge in [0.15, 0.2) is 5.82 Å². The standard InChI is InChI=1S/C12H6ClF4NO2/c13-7-5-10(14)11(18-6-7)19-8-1-3-9(4-2-8)20-12(15,16)17/h1-6H. The van der Waals surface area contributed by atoms with Crippen LogP contribution in [0.5, 0.6) is 17.4 Å². The van der Waals surface area contributed by atoms with E-state index in [0.717, 1.165) is 18.2 Å². The molecule has 0 unspecified atom stereocenters. The molecule has 1 heterocycles. The number of rotatable bonds is 3. The van der Waals surface area contributed by atoms with Crippen molar-refractivity contribution < 1.29 is 27.0 Å². The number of alkyl halides is 3. The predicted molar refractivity (Wildman–Crippen MR) is 62.4 cm³/mol. The topological polar surface area (TPSA) is 31.4 Å². The molecule has 2 rings (SSSR count). The molecule has 0 fully saturated rings. The van der Waals surface area contributed by atoms with Crippen molar-refractivity contribution in [2.45, 2.75) is 6.36 Å². The Morgan fingerprint density at radius 3 is 2.20 bits per heavy atom. The second kappa shape index (κ2) is 5.54. The number of ether oxygens (including phenoxy) is 2. The molecule has 20 heavy (non-hydrogen) atoms. The van der Waals surface area contributed by atoms with E-state index in [2.05, 4.69) is 9.72 Å². The summed E-state index contributed by atoms with van der Waals surface area (Å²) in [4.78, 5) is 3.61.